The van der Waals surface area contributed by atoms with Crippen molar-refractivity contribution in [1.29, 1.82) is 0 Å². The molecule has 190 valence electrons. The van der Waals surface area contributed by atoms with Crippen LogP contribution in [0.25, 0.3) is 11.3 Å². The van der Waals surface area contributed by atoms with E-state index in [1.54, 1.807) is 24.5 Å². The lowest BCUT2D eigenvalue weighted by molar-refractivity contribution is 0.0350. The normalized spacial score (nSPS) is 15.1. The van der Waals surface area contributed by atoms with Crippen LogP contribution < -0.4 is 9.64 Å². The van der Waals surface area contributed by atoms with Gasteiger partial charge >= 0.3 is 6.09 Å². The quantitative estimate of drug-likeness (QED) is 0.475. The van der Waals surface area contributed by atoms with Gasteiger partial charge in [0.25, 0.3) is 5.91 Å². The first kappa shape index (κ1) is 24.4. The third-order valence-corrected chi connectivity index (χ3v) is 6.28. The van der Waals surface area contributed by atoms with Crippen molar-refractivity contribution in [2.75, 3.05) is 18.6 Å². The van der Waals surface area contributed by atoms with Crippen LogP contribution in [-0.2, 0) is 11.3 Å². The SMILES string of the molecule is COc1cc(N2Cc3ccc(C4=CCN(C(=O)OC(C)(C)C)C=C4)cc3C2=O)ccc1-n1cnc(C)c1. The maximum absolute atomic E-state index is 13.4. The van der Waals surface area contributed by atoms with Gasteiger partial charge in [0.15, 0.2) is 0 Å². The van der Waals surface area contributed by atoms with Crippen LogP contribution >= 0.6 is 0 Å². The van der Waals surface area contributed by atoms with Crippen molar-refractivity contribution in [2.24, 2.45) is 0 Å². The number of hydrogen-bond acceptors (Lipinski definition) is 5. The van der Waals surface area contributed by atoms with E-state index in [4.69, 9.17) is 9.47 Å². The largest absolute Gasteiger partial charge is 0.494 e. The van der Waals surface area contributed by atoms with Gasteiger partial charge in [-0.3, -0.25) is 9.69 Å². The summed E-state index contributed by atoms with van der Waals surface area (Å²) in [6.45, 7) is 8.35. The van der Waals surface area contributed by atoms with Gasteiger partial charge in [0.2, 0.25) is 0 Å². The molecule has 1 aromatic heterocycles. The second-order valence-electron chi connectivity index (χ2n) is 10.1. The van der Waals surface area contributed by atoms with Crippen molar-refractivity contribution in [3.63, 3.8) is 0 Å². The van der Waals surface area contributed by atoms with E-state index in [-0.39, 0.29) is 12.0 Å². The number of carbonyl (C=O) groups excluding carboxylic acids is 2. The molecule has 0 saturated carbocycles. The van der Waals surface area contributed by atoms with Gasteiger partial charge in [-0.15, -0.1) is 0 Å². The van der Waals surface area contributed by atoms with Gasteiger partial charge in [-0.05, 0) is 68.7 Å². The Kier molecular flexibility index (Phi) is 6.11. The molecule has 0 radical (unpaired) electrons. The summed E-state index contributed by atoms with van der Waals surface area (Å²) in [6.07, 6.45) is 8.84. The van der Waals surface area contributed by atoms with Crippen molar-refractivity contribution in [2.45, 2.75) is 39.8 Å². The summed E-state index contributed by atoms with van der Waals surface area (Å²) in [5, 5.41) is 0. The predicted octanol–water partition coefficient (Wildman–Crippen LogP) is 5.50. The Hall–Kier alpha value is -4.33. The predicted molar refractivity (Wildman–Crippen MR) is 142 cm³/mol. The molecular weight excluding hydrogens is 468 g/mol. The molecular formula is C29H30N4O4. The maximum Gasteiger partial charge on any atom is 0.414 e. The molecule has 0 spiro atoms. The molecule has 0 bridgehead atoms. The summed E-state index contributed by atoms with van der Waals surface area (Å²) in [4.78, 5) is 33.3. The zero-order chi connectivity index (χ0) is 26.3. The van der Waals surface area contributed by atoms with Gasteiger partial charge in [-0.25, -0.2) is 9.78 Å². The minimum atomic E-state index is -0.552. The Morgan fingerprint density at radius 2 is 1.92 bits per heavy atom. The van der Waals surface area contributed by atoms with Crippen molar-refractivity contribution < 1.29 is 19.1 Å². The van der Waals surface area contributed by atoms with Crippen LogP contribution in [0.1, 0.15) is 48.0 Å². The summed E-state index contributed by atoms with van der Waals surface area (Å²) in [5.41, 5.74) is 5.51. The number of allylic oxidation sites excluding steroid dienone is 2. The minimum absolute atomic E-state index is 0.0547. The number of aryl methyl sites for hydroxylation is 1. The second kappa shape index (κ2) is 9.28. The molecule has 37 heavy (non-hydrogen) atoms. The van der Waals surface area contributed by atoms with Crippen LogP contribution in [0, 0.1) is 6.92 Å². The number of aromatic nitrogens is 2. The van der Waals surface area contributed by atoms with Crippen LogP contribution in [-0.4, -0.2) is 45.7 Å². The average Bonchev–Trinajstić information content (AvgIpc) is 3.45. The molecule has 5 rings (SSSR count). The van der Waals surface area contributed by atoms with E-state index < -0.39 is 5.60 Å². The highest BCUT2D eigenvalue weighted by atomic mass is 16.6. The number of amides is 2. The number of carbonyl (C=O) groups is 2. The molecule has 2 amide bonds. The molecule has 2 aromatic carbocycles. The maximum atomic E-state index is 13.4. The Balaban J connectivity index is 1.34. The van der Waals surface area contributed by atoms with E-state index in [2.05, 4.69) is 4.98 Å². The average molecular weight is 499 g/mol. The monoisotopic (exact) mass is 498 g/mol. The van der Waals surface area contributed by atoms with Gasteiger partial charge in [-0.1, -0.05) is 18.2 Å². The smallest absolute Gasteiger partial charge is 0.414 e. The van der Waals surface area contributed by atoms with Crippen molar-refractivity contribution >= 4 is 23.3 Å². The standard InChI is InChI=1S/C29H30N4O4/c1-19-16-32(18-30-19)25-9-8-23(15-26(25)36-5)33-17-22-7-6-21(14-24(22)27(33)34)20-10-12-31(13-11-20)28(35)37-29(2,3)4/h6-12,14-16,18H,13,17H2,1-5H3. The van der Waals surface area contributed by atoms with Gasteiger partial charge in [-0.2, -0.15) is 0 Å². The molecule has 0 N–H and O–H groups in total. The number of benzene rings is 2. The lowest BCUT2D eigenvalue weighted by Crippen LogP contribution is -2.34. The molecule has 2 aliphatic heterocycles. The van der Waals surface area contributed by atoms with Gasteiger partial charge in [0.1, 0.15) is 11.4 Å². The number of imidazole rings is 1. The fourth-order valence-corrected chi connectivity index (χ4v) is 4.46. The fraction of sp³-hybridized carbons (Fsp3) is 0.276. The van der Waals surface area contributed by atoms with Gasteiger partial charge < -0.3 is 18.9 Å². The number of hydrogen-bond donors (Lipinski definition) is 0. The Morgan fingerprint density at radius 1 is 1.11 bits per heavy atom. The zero-order valence-electron chi connectivity index (χ0n) is 21.7. The van der Waals surface area contributed by atoms with E-state index in [0.717, 1.165) is 33.8 Å². The lowest BCUT2D eigenvalue weighted by atomic mass is 9.99. The summed E-state index contributed by atoms with van der Waals surface area (Å²) in [6, 6.07) is 11.7. The molecule has 2 aliphatic rings. The molecule has 0 atom stereocenters. The Bertz CT molecular complexity index is 1440. The highest BCUT2D eigenvalue weighted by Gasteiger charge is 2.30. The molecule has 8 nitrogen and oxygen atoms in total. The van der Waals surface area contributed by atoms with Crippen LogP contribution in [0.5, 0.6) is 5.75 Å². The van der Waals surface area contributed by atoms with E-state index in [1.165, 1.54) is 4.90 Å². The number of fused-ring (bicyclic) bond motifs is 1. The number of methoxy groups -OCH3 is 1. The van der Waals surface area contributed by atoms with E-state index in [0.29, 0.717) is 24.4 Å². The summed E-state index contributed by atoms with van der Waals surface area (Å²) < 4.78 is 13.0. The Labute approximate surface area is 216 Å². The first-order chi connectivity index (χ1) is 17.6. The number of nitrogens with zero attached hydrogens (tertiary/aromatic N) is 4. The molecule has 0 unspecified atom stereocenters. The first-order valence-corrected chi connectivity index (χ1v) is 12.1. The molecule has 3 aromatic rings. The zero-order valence-corrected chi connectivity index (χ0v) is 21.7. The van der Waals surface area contributed by atoms with Crippen LogP contribution in [0.2, 0.25) is 0 Å². The van der Waals surface area contributed by atoms with E-state index in [9.17, 15) is 9.59 Å². The van der Waals surface area contributed by atoms with Crippen LogP contribution in [0.4, 0.5) is 10.5 Å². The van der Waals surface area contributed by atoms with Crippen molar-refractivity contribution in [3.8, 4) is 11.4 Å². The molecule has 8 heteroatoms. The molecule has 0 aliphatic carbocycles. The topological polar surface area (TPSA) is 76.9 Å². The molecule has 3 heterocycles. The third-order valence-electron chi connectivity index (χ3n) is 6.28. The van der Waals surface area contributed by atoms with E-state index >= 15 is 0 Å². The first-order valence-electron chi connectivity index (χ1n) is 12.1. The second-order valence-corrected chi connectivity index (χ2v) is 10.1. The Morgan fingerprint density at radius 3 is 2.57 bits per heavy atom. The number of ether oxygens (including phenoxy) is 2. The summed E-state index contributed by atoms with van der Waals surface area (Å²) in [5.74, 6) is 0.604. The third kappa shape index (κ3) is 4.87. The summed E-state index contributed by atoms with van der Waals surface area (Å²) in [7, 11) is 1.62. The number of anilines is 1. The lowest BCUT2D eigenvalue weighted by Gasteiger charge is -2.26. The van der Waals surface area contributed by atoms with Gasteiger partial charge in [0.05, 0.1) is 31.4 Å². The van der Waals surface area contributed by atoms with Gasteiger partial charge in [0, 0.05) is 36.3 Å². The van der Waals surface area contributed by atoms with Crippen LogP contribution in [0.15, 0.2) is 67.3 Å². The van der Waals surface area contributed by atoms with Crippen LogP contribution in [0.3, 0.4) is 0 Å². The van der Waals surface area contributed by atoms with E-state index in [1.807, 2.05) is 87.0 Å². The molecule has 0 fully saturated rings. The summed E-state index contributed by atoms with van der Waals surface area (Å²) >= 11 is 0. The number of rotatable bonds is 4. The molecule has 0 saturated heterocycles. The minimum Gasteiger partial charge on any atom is -0.494 e. The highest BCUT2D eigenvalue weighted by molar-refractivity contribution is 6.10. The highest BCUT2D eigenvalue weighted by Crippen LogP contribution is 2.35. The van der Waals surface area contributed by atoms with Crippen molar-refractivity contribution in [1.82, 2.24) is 14.5 Å². The van der Waals surface area contributed by atoms with Crippen molar-refractivity contribution in [3.05, 3.63) is 89.7 Å². The fourth-order valence-electron chi connectivity index (χ4n) is 4.46.